The van der Waals surface area contributed by atoms with Gasteiger partial charge in [0.2, 0.25) is 0 Å². The Hall–Kier alpha value is -2.95. The number of ether oxygens (including phenoxy) is 2. The van der Waals surface area contributed by atoms with Gasteiger partial charge in [0.15, 0.2) is 0 Å². The Morgan fingerprint density at radius 3 is 2.67 bits per heavy atom. The zero-order valence-corrected chi connectivity index (χ0v) is 13.8. The van der Waals surface area contributed by atoms with Crippen LogP contribution in [0.3, 0.4) is 0 Å². The maximum absolute atomic E-state index is 12.4. The van der Waals surface area contributed by atoms with Crippen molar-refractivity contribution in [3.8, 4) is 11.5 Å². The summed E-state index contributed by atoms with van der Waals surface area (Å²) in [4.78, 5) is 15.5. The molecule has 3 aromatic rings. The molecule has 2 N–H and O–H groups in total. The average molecular weight is 324 g/mol. The van der Waals surface area contributed by atoms with Crippen LogP contribution in [0.5, 0.6) is 11.5 Å². The molecule has 0 aliphatic rings. The van der Waals surface area contributed by atoms with Crippen LogP contribution in [0.15, 0.2) is 48.7 Å². The Labute approximate surface area is 140 Å². The van der Waals surface area contributed by atoms with Crippen molar-refractivity contribution in [3.63, 3.8) is 0 Å². The largest absolute Gasteiger partial charge is 0.497 e. The van der Waals surface area contributed by atoms with Crippen LogP contribution in [0, 0.1) is 0 Å². The van der Waals surface area contributed by atoms with Crippen LogP contribution in [-0.2, 0) is 6.42 Å². The topological polar surface area (TPSA) is 63.3 Å². The molecule has 2 aromatic carbocycles. The Kier molecular flexibility index (Phi) is 4.70. The summed E-state index contributed by atoms with van der Waals surface area (Å²) < 4.78 is 10.4. The van der Waals surface area contributed by atoms with E-state index in [9.17, 15) is 4.79 Å². The normalized spacial score (nSPS) is 10.6. The van der Waals surface area contributed by atoms with E-state index in [4.69, 9.17) is 9.47 Å². The summed E-state index contributed by atoms with van der Waals surface area (Å²) in [5, 5.41) is 3.84. The Morgan fingerprint density at radius 2 is 1.88 bits per heavy atom. The van der Waals surface area contributed by atoms with E-state index in [-0.39, 0.29) is 5.91 Å². The summed E-state index contributed by atoms with van der Waals surface area (Å²) in [6.07, 6.45) is 2.48. The van der Waals surface area contributed by atoms with Crippen LogP contribution in [0.2, 0.25) is 0 Å². The molecule has 0 aliphatic carbocycles. The lowest BCUT2D eigenvalue weighted by Crippen LogP contribution is -2.25. The first-order chi connectivity index (χ1) is 11.7. The number of nitrogens with one attached hydrogen (secondary N) is 2. The number of aromatic amines is 1. The molecule has 124 valence electrons. The second-order valence-corrected chi connectivity index (χ2v) is 5.47. The lowest BCUT2D eigenvalue weighted by Gasteiger charge is -2.06. The highest BCUT2D eigenvalue weighted by Gasteiger charge is 2.12. The van der Waals surface area contributed by atoms with E-state index in [1.165, 1.54) is 0 Å². The summed E-state index contributed by atoms with van der Waals surface area (Å²) in [5.41, 5.74) is 2.64. The van der Waals surface area contributed by atoms with Crippen LogP contribution in [-0.4, -0.2) is 31.7 Å². The third-order valence-corrected chi connectivity index (χ3v) is 3.97. The molecule has 5 nitrogen and oxygen atoms in total. The first kappa shape index (κ1) is 15.9. The molecule has 3 rings (SSSR count). The van der Waals surface area contributed by atoms with Gasteiger partial charge in [-0.15, -0.1) is 0 Å². The fourth-order valence-corrected chi connectivity index (χ4v) is 2.66. The van der Waals surface area contributed by atoms with Gasteiger partial charge in [0, 0.05) is 29.7 Å². The number of hydrogen-bond donors (Lipinski definition) is 2. The van der Waals surface area contributed by atoms with Gasteiger partial charge in [0.1, 0.15) is 11.5 Å². The minimum Gasteiger partial charge on any atom is -0.497 e. The van der Waals surface area contributed by atoms with Crippen molar-refractivity contribution in [1.82, 2.24) is 10.3 Å². The predicted octanol–water partition coefficient (Wildman–Crippen LogP) is 3.16. The zero-order chi connectivity index (χ0) is 16.9. The number of methoxy groups -OCH3 is 2. The third-order valence-electron chi connectivity index (χ3n) is 3.97. The fraction of sp³-hybridized carbons (Fsp3) is 0.211. The average Bonchev–Trinajstić information content (AvgIpc) is 3.05. The van der Waals surface area contributed by atoms with E-state index in [0.29, 0.717) is 12.1 Å². The lowest BCUT2D eigenvalue weighted by molar-refractivity contribution is 0.0956. The van der Waals surface area contributed by atoms with E-state index >= 15 is 0 Å². The molecule has 1 heterocycles. The molecular formula is C19H20N2O3. The molecule has 0 atom stereocenters. The maximum atomic E-state index is 12.4. The second kappa shape index (κ2) is 7.08. The quantitative estimate of drug-likeness (QED) is 0.732. The van der Waals surface area contributed by atoms with Crippen LogP contribution in [0.25, 0.3) is 10.9 Å². The van der Waals surface area contributed by atoms with Crippen molar-refractivity contribution < 1.29 is 14.3 Å². The number of carbonyl (C=O) groups is 1. The molecule has 24 heavy (non-hydrogen) atoms. The van der Waals surface area contributed by atoms with Crippen LogP contribution >= 0.6 is 0 Å². The van der Waals surface area contributed by atoms with Gasteiger partial charge in [-0.2, -0.15) is 0 Å². The van der Waals surface area contributed by atoms with Crippen LogP contribution in [0.1, 0.15) is 15.9 Å². The minimum absolute atomic E-state index is 0.0886. The SMILES string of the molecule is COc1cccc(CCNC(=O)c2c[nH]c3cc(OC)ccc23)c1. The van der Waals surface area contributed by atoms with Gasteiger partial charge in [-0.3, -0.25) is 4.79 Å². The molecule has 0 saturated heterocycles. The molecule has 5 heteroatoms. The van der Waals surface area contributed by atoms with E-state index < -0.39 is 0 Å². The molecule has 0 fully saturated rings. The summed E-state index contributed by atoms with van der Waals surface area (Å²) in [6, 6.07) is 13.5. The smallest absolute Gasteiger partial charge is 0.253 e. The number of benzene rings is 2. The number of carbonyl (C=O) groups excluding carboxylic acids is 1. The molecule has 0 aliphatic heterocycles. The van der Waals surface area contributed by atoms with Crippen molar-refractivity contribution in [2.45, 2.75) is 6.42 Å². The highest BCUT2D eigenvalue weighted by molar-refractivity contribution is 6.06. The molecule has 0 spiro atoms. The summed E-state index contributed by atoms with van der Waals surface area (Å²) >= 11 is 0. The van der Waals surface area contributed by atoms with Gasteiger partial charge in [0.25, 0.3) is 5.91 Å². The van der Waals surface area contributed by atoms with Gasteiger partial charge in [-0.1, -0.05) is 12.1 Å². The molecule has 1 amide bonds. The highest BCUT2D eigenvalue weighted by Crippen LogP contribution is 2.23. The fourth-order valence-electron chi connectivity index (χ4n) is 2.66. The standard InChI is InChI=1S/C19H20N2O3/c1-23-14-5-3-4-13(10-14)8-9-20-19(22)17-12-21-18-11-15(24-2)6-7-16(17)18/h3-7,10-12,21H,8-9H2,1-2H3,(H,20,22). The number of rotatable bonds is 6. The van der Waals surface area contributed by atoms with E-state index in [1.807, 2.05) is 42.5 Å². The number of hydrogen-bond acceptors (Lipinski definition) is 3. The highest BCUT2D eigenvalue weighted by atomic mass is 16.5. The number of aromatic nitrogens is 1. The summed E-state index contributed by atoms with van der Waals surface area (Å²) in [6.45, 7) is 0.564. The second-order valence-electron chi connectivity index (χ2n) is 5.47. The number of fused-ring (bicyclic) bond motifs is 1. The third kappa shape index (κ3) is 3.35. The van der Waals surface area contributed by atoms with Crippen molar-refractivity contribution in [3.05, 3.63) is 59.8 Å². The summed E-state index contributed by atoms with van der Waals surface area (Å²) in [5.74, 6) is 1.49. The molecular weight excluding hydrogens is 304 g/mol. The summed E-state index contributed by atoms with van der Waals surface area (Å²) in [7, 11) is 3.27. The van der Waals surface area contributed by atoms with Gasteiger partial charge in [-0.05, 0) is 36.2 Å². The monoisotopic (exact) mass is 324 g/mol. The first-order valence-corrected chi connectivity index (χ1v) is 7.77. The van der Waals surface area contributed by atoms with Crippen molar-refractivity contribution in [1.29, 1.82) is 0 Å². The maximum Gasteiger partial charge on any atom is 0.253 e. The van der Waals surface area contributed by atoms with Crippen molar-refractivity contribution in [2.24, 2.45) is 0 Å². The van der Waals surface area contributed by atoms with E-state index in [0.717, 1.165) is 34.4 Å². The van der Waals surface area contributed by atoms with Crippen LogP contribution in [0.4, 0.5) is 0 Å². The number of amides is 1. The van der Waals surface area contributed by atoms with E-state index in [2.05, 4.69) is 10.3 Å². The zero-order valence-electron chi connectivity index (χ0n) is 13.8. The van der Waals surface area contributed by atoms with Gasteiger partial charge >= 0.3 is 0 Å². The molecule has 0 radical (unpaired) electrons. The van der Waals surface area contributed by atoms with Crippen molar-refractivity contribution >= 4 is 16.8 Å². The Morgan fingerprint density at radius 1 is 1.08 bits per heavy atom. The van der Waals surface area contributed by atoms with E-state index in [1.54, 1.807) is 20.4 Å². The van der Waals surface area contributed by atoms with Gasteiger partial charge < -0.3 is 19.8 Å². The molecule has 0 saturated carbocycles. The van der Waals surface area contributed by atoms with Crippen molar-refractivity contribution in [2.75, 3.05) is 20.8 Å². The Bertz CT molecular complexity index is 855. The molecule has 0 unspecified atom stereocenters. The lowest BCUT2D eigenvalue weighted by atomic mass is 10.1. The predicted molar refractivity (Wildman–Crippen MR) is 93.9 cm³/mol. The van der Waals surface area contributed by atoms with Gasteiger partial charge in [-0.25, -0.2) is 0 Å². The number of H-pyrrole nitrogens is 1. The molecule has 1 aromatic heterocycles. The first-order valence-electron chi connectivity index (χ1n) is 7.77. The van der Waals surface area contributed by atoms with Gasteiger partial charge in [0.05, 0.1) is 19.8 Å². The van der Waals surface area contributed by atoms with Crippen LogP contribution < -0.4 is 14.8 Å². The Balaban J connectivity index is 1.64. The molecule has 0 bridgehead atoms. The minimum atomic E-state index is -0.0886.